The molecule has 1 aliphatic rings. The maximum atomic E-state index is 9.34. The van der Waals surface area contributed by atoms with Crippen LogP contribution >= 0.6 is 0 Å². The van der Waals surface area contributed by atoms with Crippen LogP contribution in [0.5, 0.6) is 0 Å². The molecule has 2 atom stereocenters. The number of rotatable bonds is 1. The first kappa shape index (κ1) is 10.3. The van der Waals surface area contributed by atoms with Crippen LogP contribution in [-0.2, 0) is 12.5 Å². The number of nitrogens with zero attached hydrogens (tertiary/aromatic N) is 3. The minimum absolute atomic E-state index is 0.250. The van der Waals surface area contributed by atoms with Gasteiger partial charge in [-0.2, -0.15) is 5.26 Å². The molecule has 1 aromatic heterocycles. The third-order valence-electron chi connectivity index (χ3n) is 4.13. The zero-order valence-corrected chi connectivity index (χ0v) is 10.4. The average Bonchev–Trinajstić information content (AvgIpc) is 2.91. The molecule has 1 aliphatic carbocycles. The molecular formula is C14H15N3. The third-order valence-corrected chi connectivity index (χ3v) is 4.13. The highest BCUT2D eigenvalue weighted by molar-refractivity contribution is 5.77. The van der Waals surface area contributed by atoms with E-state index in [9.17, 15) is 5.26 Å². The highest BCUT2D eigenvalue weighted by Crippen LogP contribution is 2.53. The van der Waals surface area contributed by atoms with Gasteiger partial charge in [-0.05, 0) is 37.0 Å². The lowest BCUT2D eigenvalue weighted by Gasteiger charge is -2.07. The number of nitriles is 1. The summed E-state index contributed by atoms with van der Waals surface area (Å²) in [5, 5.41) is 9.34. The molecule has 0 saturated heterocycles. The van der Waals surface area contributed by atoms with Gasteiger partial charge in [0.2, 0.25) is 0 Å². The molecule has 0 bridgehead atoms. The van der Waals surface area contributed by atoms with Crippen molar-refractivity contribution in [3.63, 3.8) is 0 Å². The van der Waals surface area contributed by atoms with Crippen LogP contribution in [0.2, 0.25) is 0 Å². The fourth-order valence-electron chi connectivity index (χ4n) is 2.64. The number of aromatic nitrogens is 2. The summed E-state index contributed by atoms with van der Waals surface area (Å²) in [5.74, 6) is 1.47. The monoisotopic (exact) mass is 225 g/mol. The van der Waals surface area contributed by atoms with Crippen molar-refractivity contribution in [2.45, 2.75) is 25.7 Å². The molecule has 0 aliphatic heterocycles. The summed E-state index contributed by atoms with van der Waals surface area (Å²) >= 11 is 0. The summed E-state index contributed by atoms with van der Waals surface area (Å²) in [5.41, 5.74) is 3.00. The number of aryl methyl sites for hydroxylation is 2. The molecule has 3 heteroatoms. The Kier molecular flexibility index (Phi) is 1.89. The standard InChI is InChI=1S/C14H15N3/c1-9-7-14(9,8-15)11-4-5-13-12(6-11)16-10(2)17(13)3/h4-6,9H,7H2,1-3H3. The van der Waals surface area contributed by atoms with Crippen LogP contribution in [-0.4, -0.2) is 9.55 Å². The van der Waals surface area contributed by atoms with Crippen LogP contribution in [0.15, 0.2) is 18.2 Å². The summed E-state index contributed by atoms with van der Waals surface area (Å²) < 4.78 is 2.08. The predicted octanol–water partition coefficient (Wildman–Crippen LogP) is 2.68. The van der Waals surface area contributed by atoms with Crippen LogP contribution < -0.4 is 0 Å². The largest absolute Gasteiger partial charge is 0.331 e. The van der Waals surface area contributed by atoms with Crippen molar-refractivity contribution in [2.75, 3.05) is 0 Å². The normalized spacial score (nSPS) is 27.1. The summed E-state index contributed by atoms with van der Waals surface area (Å²) in [6.07, 6.45) is 0.973. The van der Waals surface area contributed by atoms with E-state index in [1.54, 1.807) is 0 Å². The molecule has 2 aromatic rings. The van der Waals surface area contributed by atoms with Gasteiger partial charge in [0.1, 0.15) is 5.82 Å². The zero-order chi connectivity index (χ0) is 12.2. The summed E-state index contributed by atoms with van der Waals surface area (Å²) in [4.78, 5) is 4.53. The lowest BCUT2D eigenvalue weighted by Crippen LogP contribution is -2.05. The zero-order valence-electron chi connectivity index (χ0n) is 10.4. The molecule has 0 radical (unpaired) electrons. The average molecular weight is 225 g/mol. The minimum Gasteiger partial charge on any atom is -0.331 e. The molecule has 1 heterocycles. The summed E-state index contributed by atoms with van der Waals surface area (Å²) in [7, 11) is 2.02. The van der Waals surface area contributed by atoms with Gasteiger partial charge in [-0.1, -0.05) is 13.0 Å². The molecule has 1 saturated carbocycles. The van der Waals surface area contributed by atoms with Crippen LogP contribution in [0.3, 0.4) is 0 Å². The van der Waals surface area contributed by atoms with E-state index in [0.29, 0.717) is 5.92 Å². The number of benzene rings is 1. The first-order valence-corrected chi connectivity index (χ1v) is 5.93. The Hall–Kier alpha value is -1.82. The van der Waals surface area contributed by atoms with E-state index in [1.165, 1.54) is 0 Å². The molecule has 2 unspecified atom stereocenters. The lowest BCUT2D eigenvalue weighted by atomic mass is 9.95. The molecule has 1 aromatic carbocycles. The number of hydrogen-bond acceptors (Lipinski definition) is 2. The van der Waals surface area contributed by atoms with Gasteiger partial charge in [-0.25, -0.2) is 4.98 Å². The van der Waals surface area contributed by atoms with Gasteiger partial charge in [-0.3, -0.25) is 0 Å². The molecule has 3 rings (SSSR count). The Labute approximate surface area is 101 Å². The van der Waals surface area contributed by atoms with Crippen molar-refractivity contribution >= 4 is 11.0 Å². The van der Waals surface area contributed by atoms with Gasteiger partial charge in [0.15, 0.2) is 0 Å². The Morgan fingerprint density at radius 1 is 1.53 bits per heavy atom. The highest BCUT2D eigenvalue weighted by atomic mass is 15.0. The fourth-order valence-corrected chi connectivity index (χ4v) is 2.64. The van der Waals surface area contributed by atoms with Crippen molar-refractivity contribution in [1.29, 1.82) is 5.26 Å². The van der Waals surface area contributed by atoms with Gasteiger partial charge in [-0.15, -0.1) is 0 Å². The first-order chi connectivity index (χ1) is 8.08. The van der Waals surface area contributed by atoms with E-state index < -0.39 is 0 Å². The second kappa shape index (κ2) is 3.10. The van der Waals surface area contributed by atoms with Crippen LogP contribution in [0.4, 0.5) is 0 Å². The van der Waals surface area contributed by atoms with E-state index in [0.717, 1.165) is 28.8 Å². The second-order valence-corrected chi connectivity index (χ2v) is 5.11. The van der Waals surface area contributed by atoms with Gasteiger partial charge in [0, 0.05) is 7.05 Å². The smallest absolute Gasteiger partial charge is 0.106 e. The molecule has 0 N–H and O–H groups in total. The van der Waals surface area contributed by atoms with E-state index in [4.69, 9.17) is 0 Å². The quantitative estimate of drug-likeness (QED) is 0.748. The Bertz CT molecular complexity index is 647. The molecule has 3 nitrogen and oxygen atoms in total. The van der Waals surface area contributed by atoms with Crippen molar-refractivity contribution in [2.24, 2.45) is 13.0 Å². The number of hydrogen-bond donors (Lipinski definition) is 0. The third kappa shape index (κ3) is 1.24. The molecule has 86 valence electrons. The topological polar surface area (TPSA) is 41.6 Å². The Balaban J connectivity index is 2.19. The van der Waals surface area contributed by atoms with Crippen molar-refractivity contribution < 1.29 is 0 Å². The maximum absolute atomic E-state index is 9.34. The van der Waals surface area contributed by atoms with Crippen LogP contribution in [0.25, 0.3) is 11.0 Å². The molecule has 0 spiro atoms. The lowest BCUT2D eigenvalue weighted by molar-refractivity contribution is 0.793. The number of fused-ring (bicyclic) bond motifs is 1. The SMILES string of the molecule is Cc1nc2cc(C3(C#N)CC3C)ccc2n1C. The highest BCUT2D eigenvalue weighted by Gasteiger charge is 2.53. The van der Waals surface area contributed by atoms with E-state index in [1.807, 2.05) is 14.0 Å². The van der Waals surface area contributed by atoms with E-state index in [-0.39, 0.29) is 5.41 Å². The number of imidazole rings is 1. The van der Waals surface area contributed by atoms with E-state index in [2.05, 4.69) is 40.7 Å². The Morgan fingerprint density at radius 3 is 2.82 bits per heavy atom. The molecule has 17 heavy (non-hydrogen) atoms. The summed E-state index contributed by atoms with van der Waals surface area (Å²) in [6, 6.07) is 8.71. The van der Waals surface area contributed by atoms with Crippen LogP contribution in [0, 0.1) is 24.2 Å². The van der Waals surface area contributed by atoms with Gasteiger partial charge in [0.05, 0.1) is 22.5 Å². The second-order valence-electron chi connectivity index (χ2n) is 5.11. The van der Waals surface area contributed by atoms with Crippen molar-refractivity contribution in [3.05, 3.63) is 29.6 Å². The maximum Gasteiger partial charge on any atom is 0.106 e. The molecular weight excluding hydrogens is 210 g/mol. The first-order valence-electron chi connectivity index (χ1n) is 5.93. The summed E-state index contributed by atoms with van der Waals surface area (Å²) in [6.45, 7) is 4.14. The van der Waals surface area contributed by atoms with Crippen molar-refractivity contribution in [1.82, 2.24) is 9.55 Å². The minimum atomic E-state index is -0.250. The molecule has 1 fully saturated rings. The van der Waals surface area contributed by atoms with Crippen LogP contribution in [0.1, 0.15) is 24.7 Å². The predicted molar refractivity (Wildman–Crippen MR) is 66.5 cm³/mol. The van der Waals surface area contributed by atoms with Gasteiger partial charge < -0.3 is 4.57 Å². The van der Waals surface area contributed by atoms with E-state index >= 15 is 0 Å². The fraction of sp³-hybridized carbons (Fsp3) is 0.429. The van der Waals surface area contributed by atoms with Gasteiger partial charge in [0.25, 0.3) is 0 Å². The Morgan fingerprint density at radius 2 is 2.24 bits per heavy atom. The molecule has 0 amide bonds. The van der Waals surface area contributed by atoms with Gasteiger partial charge >= 0.3 is 0 Å². The van der Waals surface area contributed by atoms with Crippen molar-refractivity contribution in [3.8, 4) is 6.07 Å².